The van der Waals surface area contributed by atoms with Crippen molar-refractivity contribution in [1.82, 2.24) is 5.32 Å². The lowest BCUT2D eigenvalue weighted by molar-refractivity contribution is -0.143. The van der Waals surface area contributed by atoms with E-state index in [-0.39, 0.29) is 18.5 Å². The molecule has 416 valence electrons. The van der Waals surface area contributed by atoms with Crippen LogP contribution in [0.5, 0.6) is 0 Å². The van der Waals surface area contributed by atoms with Crippen molar-refractivity contribution in [3.05, 3.63) is 12.2 Å². The Hall–Kier alpha value is -1.40. The number of rotatable bonds is 60. The summed E-state index contributed by atoms with van der Waals surface area (Å²) in [6, 6.07) is -0.563. The van der Waals surface area contributed by atoms with E-state index >= 15 is 0 Å². The number of aliphatic hydroxyl groups is 2. The first-order chi connectivity index (χ1) is 34.5. The Morgan fingerprint density at radius 2 is 0.671 bits per heavy atom. The maximum atomic E-state index is 12.5. The molecule has 0 saturated carbocycles. The van der Waals surface area contributed by atoms with E-state index in [2.05, 4.69) is 31.3 Å². The van der Waals surface area contributed by atoms with Crippen LogP contribution in [0, 0.1) is 0 Å². The lowest BCUT2D eigenvalue weighted by Gasteiger charge is -2.22. The van der Waals surface area contributed by atoms with Crippen molar-refractivity contribution in [3.8, 4) is 0 Å². The Labute approximate surface area is 438 Å². The second-order valence-electron chi connectivity index (χ2n) is 22.1. The number of carbonyl (C=O) groups excluding carboxylic acids is 2. The molecule has 0 aliphatic carbocycles. The number of ether oxygens (including phenoxy) is 1. The number of esters is 1. The van der Waals surface area contributed by atoms with Crippen molar-refractivity contribution >= 4 is 11.9 Å². The largest absolute Gasteiger partial charge is 0.466 e. The van der Waals surface area contributed by atoms with Crippen molar-refractivity contribution in [2.45, 2.75) is 373 Å². The van der Waals surface area contributed by atoms with Gasteiger partial charge >= 0.3 is 5.97 Å². The van der Waals surface area contributed by atoms with Gasteiger partial charge in [0.1, 0.15) is 0 Å². The van der Waals surface area contributed by atoms with Gasteiger partial charge in [0, 0.05) is 12.8 Å². The Morgan fingerprint density at radius 3 is 1.01 bits per heavy atom. The number of hydrogen-bond acceptors (Lipinski definition) is 5. The zero-order valence-corrected chi connectivity index (χ0v) is 47.5. The molecule has 0 bridgehead atoms. The first-order valence-electron chi connectivity index (χ1n) is 31.9. The van der Waals surface area contributed by atoms with Crippen molar-refractivity contribution < 1.29 is 24.5 Å². The molecule has 3 N–H and O–H groups in total. The lowest BCUT2D eigenvalue weighted by atomic mass is 10.0. The van der Waals surface area contributed by atoms with Gasteiger partial charge in [-0.3, -0.25) is 9.59 Å². The van der Waals surface area contributed by atoms with Gasteiger partial charge < -0.3 is 20.3 Å². The van der Waals surface area contributed by atoms with Crippen molar-refractivity contribution in [1.29, 1.82) is 0 Å². The van der Waals surface area contributed by atoms with Crippen molar-refractivity contribution in [2.75, 3.05) is 13.2 Å². The highest BCUT2D eigenvalue weighted by atomic mass is 16.5. The quantitative estimate of drug-likeness (QED) is 0.0321. The molecule has 2 atom stereocenters. The second-order valence-corrected chi connectivity index (χ2v) is 22.1. The first kappa shape index (κ1) is 68.6. The van der Waals surface area contributed by atoms with Crippen LogP contribution < -0.4 is 5.32 Å². The fourth-order valence-electron chi connectivity index (χ4n) is 10.2. The molecule has 0 aliphatic heterocycles. The van der Waals surface area contributed by atoms with Gasteiger partial charge in [0.2, 0.25) is 5.91 Å². The fraction of sp³-hybridized carbons (Fsp3) is 0.938. The van der Waals surface area contributed by atoms with Gasteiger partial charge in [0.05, 0.1) is 25.4 Å². The minimum Gasteiger partial charge on any atom is -0.466 e. The van der Waals surface area contributed by atoms with E-state index in [0.717, 1.165) is 77.0 Å². The van der Waals surface area contributed by atoms with Gasteiger partial charge in [0.15, 0.2) is 0 Å². The smallest absolute Gasteiger partial charge is 0.305 e. The van der Waals surface area contributed by atoms with Crippen LogP contribution in [-0.4, -0.2) is 47.4 Å². The molecule has 2 unspecified atom stereocenters. The molecule has 0 spiro atoms. The standard InChI is InChI=1S/C64H125NO5/c1-3-5-7-9-11-13-15-17-19-21-23-24-25-26-28-29-31-33-36-40-44-48-52-56-62(67)61(60-66)65-63(68)57-53-49-45-41-37-35-39-43-47-51-55-59-70-64(69)58-54-50-46-42-38-34-32-30-27-22-20-18-16-14-12-10-8-6-4-2/h39,43,61-62,66-67H,3-38,40-42,44-60H2,1-2H3,(H,65,68)/b43-39-. The van der Waals surface area contributed by atoms with Crippen molar-refractivity contribution in [3.63, 3.8) is 0 Å². The maximum absolute atomic E-state index is 12.5. The van der Waals surface area contributed by atoms with Crippen molar-refractivity contribution in [2.24, 2.45) is 0 Å². The summed E-state index contributed by atoms with van der Waals surface area (Å²) >= 11 is 0. The summed E-state index contributed by atoms with van der Waals surface area (Å²) in [6.45, 7) is 4.92. The Kier molecular flexibility index (Phi) is 59.0. The van der Waals surface area contributed by atoms with Crippen LogP contribution in [0.1, 0.15) is 361 Å². The van der Waals surface area contributed by atoms with Crippen LogP contribution in [0.4, 0.5) is 0 Å². The Morgan fingerprint density at radius 1 is 0.386 bits per heavy atom. The van der Waals surface area contributed by atoms with Crippen LogP contribution in [0.15, 0.2) is 12.2 Å². The van der Waals surface area contributed by atoms with Crippen LogP contribution in [0.25, 0.3) is 0 Å². The van der Waals surface area contributed by atoms with Gasteiger partial charge in [-0.1, -0.05) is 309 Å². The summed E-state index contributed by atoms with van der Waals surface area (Å²) in [4.78, 5) is 24.6. The summed E-state index contributed by atoms with van der Waals surface area (Å²) < 4.78 is 5.47. The number of allylic oxidation sites excluding steroid dienone is 2. The molecule has 1 amide bonds. The molecule has 0 radical (unpaired) electrons. The summed E-state index contributed by atoms with van der Waals surface area (Å²) in [5.74, 6) is -0.0842. The SMILES string of the molecule is CCCCCCCCCCCCCCCCCCCCCCCCCC(O)C(CO)NC(=O)CCCCCCC/C=C\CCCCOC(=O)CCCCCCCCCCCCCCCCCCCCC. The monoisotopic (exact) mass is 988 g/mol. The van der Waals surface area contributed by atoms with E-state index in [1.54, 1.807) is 0 Å². The zero-order chi connectivity index (χ0) is 50.7. The third-order valence-electron chi connectivity index (χ3n) is 15.1. The minimum atomic E-state index is -0.683. The average molecular weight is 989 g/mol. The molecule has 0 aromatic carbocycles. The highest BCUT2D eigenvalue weighted by Crippen LogP contribution is 2.18. The number of unbranched alkanes of at least 4 members (excludes halogenated alkanes) is 47. The Balaban J connectivity index is 3.46. The molecule has 0 aromatic rings. The highest BCUT2D eigenvalue weighted by Gasteiger charge is 2.20. The topological polar surface area (TPSA) is 95.9 Å². The summed E-state index contributed by atoms with van der Waals surface area (Å²) in [7, 11) is 0. The summed E-state index contributed by atoms with van der Waals surface area (Å²) in [5, 5.41) is 23.4. The van der Waals surface area contributed by atoms with E-state index in [0.29, 0.717) is 25.9 Å². The van der Waals surface area contributed by atoms with E-state index in [9.17, 15) is 19.8 Å². The third kappa shape index (κ3) is 55.9. The van der Waals surface area contributed by atoms with Gasteiger partial charge in [-0.2, -0.15) is 0 Å². The molecule has 0 aliphatic rings. The molecule has 70 heavy (non-hydrogen) atoms. The molecule has 0 rings (SSSR count). The fourth-order valence-corrected chi connectivity index (χ4v) is 10.2. The zero-order valence-electron chi connectivity index (χ0n) is 47.5. The molecule has 0 fully saturated rings. The predicted molar refractivity (Wildman–Crippen MR) is 306 cm³/mol. The Bertz CT molecular complexity index is 1050. The van der Waals surface area contributed by atoms with E-state index < -0.39 is 12.1 Å². The van der Waals surface area contributed by atoms with Gasteiger partial charge in [-0.25, -0.2) is 0 Å². The first-order valence-corrected chi connectivity index (χ1v) is 31.9. The van der Waals surface area contributed by atoms with Crippen LogP contribution in [0.3, 0.4) is 0 Å². The highest BCUT2D eigenvalue weighted by molar-refractivity contribution is 5.76. The normalized spacial score (nSPS) is 12.6. The molecular formula is C64H125NO5. The molecule has 6 nitrogen and oxygen atoms in total. The molecule has 0 saturated heterocycles. The summed E-state index contributed by atoms with van der Waals surface area (Å²) in [6.07, 6.45) is 72.3. The minimum absolute atomic E-state index is 0.0249. The van der Waals surface area contributed by atoms with Gasteiger partial charge in [-0.05, 0) is 51.4 Å². The maximum Gasteiger partial charge on any atom is 0.305 e. The predicted octanol–water partition coefficient (Wildman–Crippen LogP) is 20.0. The second kappa shape index (κ2) is 60.2. The van der Waals surface area contributed by atoms with E-state index in [4.69, 9.17) is 4.74 Å². The molecule has 0 heterocycles. The van der Waals surface area contributed by atoms with Crippen LogP contribution in [0.2, 0.25) is 0 Å². The van der Waals surface area contributed by atoms with Crippen LogP contribution >= 0.6 is 0 Å². The number of carbonyl (C=O) groups is 2. The summed E-state index contributed by atoms with van der Waals surface area (Å²) in [5.41, 5.74) is 0. The lowest BCUT2D eigenvalue weighted by Crippen LogP contribution is -2.45. The number of amides is 1. The molecular weight excluding hydrogens is 863 g/mol. The van der Waals surface area contributed by atoms with E-state index in [1.165, 1.54) is 250 Å². The number of aliphatic hydroxyl groups excluding tert-OH is 2. The van der Waals surface area contributed by atoms with E-state index in [1.807, 2.05) is 0 Å². The molecule has 0 aromatic heterocycles. The van der Waals surface area contributed by atoms with Gasteiger partial charge in [-0.15, -0.1) is 0 Å². The number of nitrogens with one attached hydrogen (secondary N) is 1. The third-order valence-corrected chi connectivity index (χ3v) is 15.1. The number of hydrogen-bond donors (Lipinski definition) is 3. The van der Waals surface area contributed by atoms with Crippen LogP contribution in [-0.2, 0) is 14.3 Å². The molecule has 6 heteroatoms. The average Bonchev–Trinajstić information content (AvgIpc) is 3.36. The van der Waals surface area contributed by atoms with Gasteiger partial charge in [0.25, 0.3) is 0 Å².